The van der Waals surface area contributed by atoms with E-state index in [0.717, 1.165) is 24.2 Å². The Morgan fingerprint density at radius 2 is 1.62 bits per heavy atom. The Hall–Kier alpha value is -3.74. The van der Waals surface area contributed by atoms with Gasteiger partial charge in [-0.15, -0.1) is 0 Å². The molecule has 7 heteroatoms. The molecule has 2 aromatic carbocycles. The second kappa shape index (κ2) is 9.60. The fourth-order valence-electron chi connectivity index (χ4n) is 3.93. The lowest BCUT2D eigenvalue weighted by atomic mass is 9.97. The number of benzene rings is 2. The number of nitrogens with one attached hydrogen (secondary N) is 1. The van der Waals surface area contributed by atoms with Gasteiger partial charge in [0.15, 0.2) is 6.61 Å². The lowest BCUT2D eigenvalue weighted by Crippen LogP contribution is -2.30. The smallest absolute Gasteiger partial charge is 0.338 e. The molecule has 0 atom stereocenters. The van der Waals surface area contributed by atoms with Gasteiger partial charge in [0.25, 0.3) is 17.7 Å². The number of ether oxygens (including phenoxy) is 1. The van der Waals surface area contributed by atoms with Gasteiger partial charge in [0.2, 0.25) is 0 Å². The highest BCUT2D eigenvalue weighted by atomic mass is 16.5. The van der Waals surface area contributed by atoms with Crippen molar-refractivity contribution in [3.63, 3.8) is 0 Å². The van der Waals surface area contributed by atoms with Crippen LogP contribution in [0.2, 0.25) is 0 Å². The van der Waals surface area contributed by atoms with Gasteiger partial charge in [-0.05, 0) is 68.5 Å². The summed E-state index contributed by atoms with van der Waals surface area (Å²) in [5.41, 5.74) is 2.67. The summed E-state index contributed by atoms with van der Waals surface area (Å²) >= 11 is 0. The van der Waals surface area contributed by atoms with Crippen LogP contribution < -0.4 is 10.2 Å². The number of imide groups is 1. The molecule has 1 N–H and O–H groups in total. The van der Waals surface area contributed by atoms with Crippen LogP contribution in [0.5, 0.6) is 0 Å². The Balaban J connectivity index is 1.28. The van der Waals surface area contributed by atoms with E-state index in [4.69, 9.17) is 4.74 Å². The number of esters is 1. The highest BCUT2D eigenvalue weighted by Crippen LogP contribution is 2.28. The van der Waals surface area contributed by atoms with Gasteiger partial charge >= 0.3 is 5.97 Å². The summed E-state index contributed by atoms with van der Waals surface area (Å²) in [5, 5.41) is 2.76. The van der Waals surface area contributed by atoms with E-state index < -0.39 is 17.8 Å². The van der Waals surface area contributed by atoms with Crippen molar-refractivity contribution in [1.29, 1.82) is 0 Å². The van der Waals surface area contributed by atoms with Gasteiger partial charge < -0.3 is 10.1 Å². The van der Waals surface area contributed by atoms with E-state index in [1.165, 1.54) is 42.7 Å². The van der Waals surface area contributed by atoms with Crippen LogP contribution in [0.4, 0.5) is 5.69 Å². The molecule has 0 fully saturated rings. The average Bonchev–Trinajstić information content (AvgIpc) is 3.08. The predicted molar refractivity (Wildman–Crippen MR) is 118 cm³/mol. The molecule has 0 saturated carbocycles. The van der Waals surface area contributed by atoms with Crippen LogP contribution in [0.3, 0.4) is 0 Å². The Bertz CT molecular complexity index is 1050. The average molecular weight is 432 g/mol. The van der Waals surface area contributed by atoms with Gasteiger partial charge in [-0.1, -0.05) is 23.8 Å². The van der Waals surface area contributed by atoms with E-state index in [-0.39, 0.29) is 18.1 Å². The van der Waals surface area contributed by atoms with Crippen LogP contribution in [0, 0.1) is 0 Å². The number of rotatable bonds is 7. The van der Waals surface area contributed by atoms with Gasteiger partial charge in [-0.2, -0.15) is 0 Å². The van der Waals surface area contributed by atoms with Crippen molar-refractivity contribution in [3.05, 3.63) is 76.9 Å². The van der Waals surface area contributed by atoms with Crippen LogP contribution in [0.25, 0.3) is 0 Å². The molecule has 0 saturated heterocycles. The van der Waals surface area contributed by atoms with Gasteiger partial charge in [-0.3, -0.25) is 14.4 Å². The molecule has 32 heavy (non-hydrogen) atoms. The van der Waals surface area contributed by atoms with Gasteiger partial charge in [0.05, 0.1) is 22.4 Å². The van der Waals surface area contributed by atoms with E-state index >= 15 is 0 Å². The number of hydrogen-bond donors (Lipinski definition) is 1. The second-order valence-electron chi connectivity index (χ2n) is 7.82. The molecule has 1 aliphatic heterocycles. The molecule has 0 spiro atoms. The summed E-state index contributed by atoms with van der Waals surface area (Å²) in [5.74, 6) is -1.80. The summed E-state index contributed by atoms with van der Waals surface area (Å²) < 4.78 is 5.08. The number of nitrogens with zero attached hydrogens (tertiary/aromatic N) is 1. The maximum atomic E-state index is 12.6. The zero-order chi connectivity index (χ0) is 22.5. The normalized spacial score (nSPS) is 15.2. The van der Waals surface area contributed by atoms with Crippen LogP contribution in [0.15, 0.2) is 60.2 Å². The molecule has 1 aliphatic carbocycles. The van der Waals surface area contributed by atoms with Crippen molar-refractivity contribution in [2.45, 2.75) is 32.1 Å². The molecule has 3 amide bonds. The molecular weight excluding hydrogens is 408 g/mol. The number of allylic oxidation sites excluding steroid dienone is 1. The minimum atomic E-state index is -0.649. The Morgan fingerprint density at radius 1 is 0.938 bits per heavy atom. The molecule has 4 rings (SSSR count). The fraction of sp³-hybridized carbons (Fsp3) is 0.280. The minimum Gasteiger partial charge on any atom is -0.452 e. The fourth-order valence-corrected chi connectivity index (χ4v) is 3.93. The van der Waals surface area contributed by atoms with Crippen molar-refractivity contribution in [2.24, 2.45) is 0 Å². The second-order valence-corrected chi connectivity index (χ2v) is 7.82. The monoisotopic (exact) mass is 432 g/mol. The van der Waals surface area contributed by atoms with Crippen LogP contribution in [0.1, 0.15) is 63.2 Å². The van der Waals surface area contributed by atoms with Crippen molar-refractivity contribution >= 4 is 29.4 Å². The van der Waals surface area contributed by atoms with Gasteiger partial charge in [0, 0.05) is 6.54 Å². The van der Waals surface area contributed by atoms with Gasteiger partial charge in [0.1, 0.15) is 0 Å². The summed E-state index contributed by atoms with van der Waals surface area (Å²) in [6.45, 7) is 0.162. The standard InChI is InChI=1S/C25H24N2O5/c28-22(26-15-14-17-6-2-1-3-7-17)16-32-25(31)18-10-12-19(13-11-18)27-23(29)20-8-4-5-9-21(20)24(27)30/h4-6,8-13H,1-3,7,14-16H2,(H,26,28). The lowest BCUT2D eigenvalue weighted by Gasteiger charge is -2.14. The molecule has 0 unspecified atom stereocenters. The zero-order valence-electron chi connectivity index (χ0n) is 17.6. The van der Waals surface area contributed by atoms with Crippen molar-refractivity contribution in [3.8, 4) is 0 Å². The molecule has 0 bridgehead atoms. The third-order valence-electron chi connectivity index (χ3n) is 5.64. The Labute approximate surface area is 186 Å². The first-order valence-corrected chi connectivity index (χ1v) is 10.7. The molecule has 2 aromatic rings. The van der Waals surface area contributed by atoms with E-state index in [2.05, 4.69) is 11.4 Å². The summed E-state index contributed by atoms with van der Waals surface area (Å²) in [6.07, 6.45) is 7.67. The highest BCUT2D eigenvalue weighted by molar-refractivity contribution is 6.34. The molecule has 164 valence electrons. The topological polar surface area (TPSA) is 92.8 Å². The lowest BCUT2D eigenvalue weighted by molar-refractivity contribution is -0.124. The first kappa shape index (κ1) is 21.5. The van der Waals surface area contributed by atoms with Crippen LogP contribution in [-0.2, 0) is 9.53 Å². The highest BCUT2D eigenvalue weighted by Gasteiger charge is 2.36. The summed E-state index contributed by atoms with van der Waals surface area (Å²) in [4.78, 5) is 50.4. The first-order chi connectivity index (χ1) is 15.5. The van der Waals surface area contributed by atoms with Crippen molar-refractivity contribution in [1.82, 2.24) is 5.32 Å². The van der Waals surface area contributed by atoms with Crippen LogP contribution >= 0.6 is 0 Å². The number of carbonyl (C=O) groups is 4. The number of amides is 3. The molecule has 0 aromatic heterocycles. The maximum Gasteiger partial charge on any atom is 0.338 e. The minimum absolute atomic E-state index is 0.227. The van der Waals surface area contributed by atoms with E-state index in [9.17, 15) is 19.2 Å². The number of fused-ring (bicyclic) bond motifs is 1. The van der Waals surface area contributed by atoms with E-state index in [0.29, 0.717) is 23.4 Å². The number of anilines is 1. The van der Waals surface area contributed by atoms with Crippen LogP contribution in [-0.4, -0.2) is 36.8 Å². The summed E-state index contributed by atoms with van der Waals surface area (Å²) in [7, 11) is 0. The number of carbonyl (C=O) groups excluding carboxylic acids is 4. The molecule has 0 radical (unpaired) electrons. The van der Waals surface area contributed by atoms with E-state index in [1.54, 1.807) is 24.3 Å². The number of hydrogen-bond acceptors (Lipinski definition) is 5. The summed E-state index contributed by atoms with van der Waals surface area (Å²) in [6, 6.07) is 12.6. The van der Waals surface area contributed by atoms with Crippen molar-refractivity contribution in [2.75, 3.05) is 18.1 Å². The molecular formula is C25H24N2O5. The van der Waals surface area contributed by atoms with Gasteiger partial charge in [-0.25, -0.2) is 9.69 Å². The Morgan fingerprint density at radius 3 is 2.25 bits per heavy atom. The quantitative estimate of drug-likeness (QED) is 0.410. The third-order valence-corrected chi connectivity index (χ3v) is 5.64. The predicted octanol–water partition coefficient (Wildman–Crippen LogP) is 3.65. The molecule has 1 heterocycles. The SMILES string of the molecule is O=C(COC(=O)c1ccc(N2C(=O)c3ccccc3C2=O)cc1)NCCC1=CCCCC1. The Kier molecular flexibility index (Phi) is 6.44. The first-order valence-electron chi connectivity index (χ1n) is 10.7. The zero-order valence-corrected chi connectivity index (χ0v) is 17.6. The van der Waals surface area contributed by atoms with Crippen molar-refractivity contribution < 1.29 is 23.9 Å². The third kappa shape index (κ3) is 4.61. The van der Waals surface area contributed by atoms with E-state index in [1.807, 2.05) is 0 Å². The molecule has 2 aliphatic rings. The maximum absolute atomic E-state index is 12.6. The largest absolute Gasteiger partial charge is 0.452 e. The molecule has 7 nitrogen and oxygen atoms in total.